The van der Waals surface area contributed by atoms with Crippen LogP contribution in [0.15, 0.2) is 279 Å². The lowest BCUT2D eigenvalue weighted by molar-refractivity contribution is 1.18. The van der Waals surface area contributed by atoms with Crippen LogP contribution in [-0.4, -0.2) is 4.57 Å². The van der Waals surface area contributed by atoms with Crippen molar-refractivity contribution in [3.05, 3.63) is 279 Å². The second-order valence-corrected chi connectivity index (χ2v) is 17.3. The molecule has 1 heterocycles. The van der Waals surface area contributed by atoms with Crippen LogP contribution >= 0.6 is 0 Å². The lowest BCUT2D eigenvalue weighted by atomic mass is 9.95. The molecule has 11 aromatic carbocycles. The summed E-state index contributed by atoms with van der Waals surface area (Å²) in [5.74, 6) is 0. The van der Waals surface area contributed by atoms with Crippen LogP contribution in [0.2, 0.25) is 0 Å². The Hall–Kier alpha value is -8.98. The molecular formula is C66H46N2. The molecule has 2 heteroatoms. The third-order valence-electron chi connectivity index (χ3n) is 13.2. The second-order valence-electron chi connectivity index (χ2n) is 17.3. The SMILES string of the molecule is c1ccc(-c2ccc(-c3ccc(N(c4ccc(-c5ccc(-c6ccccc6)cc5)cc4)c4ccc(-c5cccc(-c6cccc7c6c6ccccc6n7-c6ccccc6)c5)cc4)cc3)cc2)cc1. The van der Waals surface area contributed by atoms with Crippen LogP contribution in [0.3, 0.4) is 0 Å². The molecular weight excluding hydrogens is 821 g/mol. The van der Waals surface area contributed by atoms with E-state index in [2.05, 4.69) is 289 Å². The fourth-order valence-electron chi connectivity index (χ4n) is 9.81. The number of hydrogen-bond acceptors (Lipinski definition) is 1. The zero-order valence-corrected chi connectivity index (χ0v) is 37.5. The van der Waals surface area contributed by atoms with Gasteiger partial charge in [-0.15, -0.1) is 0 Å². The molecule has 1 aromatic heterocycles. The zero-order chi connectivity index (χ0) is 45.2. The molecule has 0 atom stereocenters. The fourth-order valence-corrected chi connectivity index (χ4v) is 9.81. The first-order valence-electron chi connectivity index (χ1n) is 23.3. The molecule has 0 fully saturated rings. The van der Waals surface area contributed by atoms with Crippen molar-refractivity contribution >= 4 is 38.9 Å². The van der Waals surface area contributed by atoms with Gasteiger partial charge in [-0.1, -0.05) is 212 Å². The van der Waals surface area contributed by atoms with E-state index in [0.29, 0.717) is 0 Å². The smallest absolute Gasteiger partial charge is 0.0547 e. The Balaban J connectivity index is 0.882. The summed E-state index contributed by atoms with van der Waals surface area (Å²) < 4.78 is 2.39. The summed E-state index contributed by atoms with van der Waals surface area (Å²) >= 11 is 0. The quantitative estimate of drug-likeness (QED) is 0.133. The van der Waals surface area contributed by atoms with Crippen LogP contribution in [0, 0.1) is 0 Å². The number of anilines is 3. The Morgan fingerprint density at radius 3 is 1.06 bits per heavy atom. The van der Waals surface area contributed by atoms with E-state index in [1.54, 1.807) is 0 Å². The van der Waals surface area contributed by atoms with E-state index in [4.69, 9.17) is 0 Å². The summed E-state index contributed by atoms with van der Waals surface area (Å²) in [6.45, 7) is 0. The number of benzene rings is 11. The van der Waals surface area contributed by atoms with Crippen molar-refractivity contribution in [2.75, 3.05) is 4.90 Å². The summed E-state index contributed by atoms with van der Waals surface area (Å²) in [5.41, 5.74) is 21.2. The van der Waals surface area contributed by atoms with E-state index >= 15 is 0 Å². The number of hydrogen-bond donors (Lipinski definition) is 0. The molecule has 0 spiro atoms. The van der Waals surface area contributed by atoms with Gasteiger partial charge in [-0.3, -0.25) is 0 Å². The van der Waals surface area contributed by atoms with Crippen LogP contribution < -0.4 is 4.90 Å². The van der Waals surface area contributed by atoms with Gasteiger partial charge in [-0.05, 0) is 133 Å². The average molecular weight is 867 g/mol. The monoisotopic (exact) mass is 866 g/mol. The minimum absolute atomic E-state index is 1.09. The zero-order valence-electron chi connectivity index (χ0n) is 37.5. The molecule has 320 valence electrons. The summed E-state index contributed by atoms with van der Waals surface area (Å²) in [4.78, 5) is 2.36. The Morgan fingerprint density at radius 1 is 0.235 bits per heavy atom. The molecule has 2 nitrogen and oxygen atoms in total. The van der Waals surface area contributed by atoms with Crippen LogP contribution in [0.5, 0.6) is 0 Å². The van der Waals surface area contributed by atoms with E-state index in [0.717, 1.165) is 28.3 Å². The number of aromatic nitrogens is 1. The van der Waals surface area contributed by atoms with Gasteiger partial charge in [0.25, 0.3) is 0 Å². The number of rotatable bonds is 10. The maximum absolute atomic E-state index is 2.39. The van der Waals surface area contributed by atoms with Gasteiger partial charge in [0.1, 0.15) is 0 Å². The standard InChI is InChI=1S/C66H46N2/c1-4-14-47(15-5-1)49-26-30-51(31-27-49)53-34-40-59(41-35-53)67(60-42-36-54(37-43-60)52-32-28-50(29-33-52)48-16-6-2-7-17-48)61-44-38-55(39-45-61)56-18-12-19-57(46-56)62-23-13-25-65-66(62)63-22-10-11-24-64(63)68(65)58-20-8-3-9-21-58/h1-46H. The number of nitrogens with zero attached hydrogens (tertiary/aromatic N) is 2. The Morgan fingerprint density at radius 2 is 0.574 bits per heavy atom. The fraction of sp³-hybridized carbons (Fsp3) is 0. The van der Waals surface area contributed by atoms with Gasteiger partial charge in [0.2, 0.25) is 0 Å². The molecule has 12 aromatic rings. The predicted octanol–water partition coefficient (Wildman–Crippen LogP) is 18.3. The van der Waals surface area contributed by atoms with Gasteiger partial charge in [-0.25, -0.2) is 0 Å². The van der Waals surface area contributed by atoms with E-state index in [9.17, 15) is 0 Å². The maximum atomic E-state index is 2.39. The summed E-state index contributed by atoms with van der Waals surface area (Å²) in [7, 11) is 0. The highest BCUT2D eigenvalue weighted by Gasteiger charge is 2.18. The van der Waals surface area contributed by atoms with Gasteiger partial charge < -0.3 is 9.47 Å². The molecule has 0 unspecified atom stereocenters. The van der Waals surface area contributed by atoms with Crippen LogP contribution in [0.4, 0.5) is 17.1 Å². The van der Waals surface area contributed by atoms with Crippen molar-refractivity contribution in [1.29, 1.82) is 0 Å². The van der Waals surface area contributed by atoms with Gasteiger partial charge >= 0.3 is 0 Å². The average Bonchev–Trinajstić information content (AvgIpc) is 3.77. The van der Waals surface area contributed by atoms with Gasteiger partial charge in [-0.2, -0.15) is 0 Å². The summed E-state index contributed by atoms with van der Waals surface area (Å²) in [6, 6.07) is 101. The molecule has 0 amide bonds. The van der Waals surface area contributed by atoms with Gasteiger partial charge in [0.05, 0.1) is 11.0 Å². The Labute approximate surface area is 397 Å². The Bertz CT molecular complexity index is 3520. The molecule has 0 aliphatic rings. The van der Waals surface area contributed by atoms with E-state index in [1.807, 2.05) is 0 Å². The Kier molecular flexibility index (Phi) is 10.6. The molecule has 0 N–H and O–H groups in total. The van der Waals surface area contributed by atoms with Gasteiger partial charge in [0, 0.05) is 33.5 Å². The maximum Gasteiger partial charge on any atom is 0.0547 e. The van der Waals surface area contributed by atoms with E-state index in [-0.39, 0.29) is 0 Å². The van der Waals surface area contributed by atoms with Crippen molar-refractivity contribution in [1.82, 2.24) is 4.57 Å². The first-order chi connectivity index (χ1) is 33.7. The van der Waals surface area contributed by atoms with E-state index in [1.165, 1.54) is 83.0 Å². The molecule has 0 saturated heterocycles. The van der Waals surface area contributed by atoms with Crippen LogP contribution in [-0.2, 0) is 0 Å². The number of fused-ring (bicyclic) bond motifs is 3. The topological polar surface area (TPSA) is 8.17 Å². The summed E-state index contributed by atoms with van der Waals surface area (Å²) in [5, 5.41) is 2.51. The molecule has 12 rings (SSSR count). The molecule has 0 aliphatic carbocycles. The van der Waals surface area contributed by atoms with Crippen molar-refractivity contribution in [2.24, 2.45) is 0 Å². The minimum Gasteiger partial charge on any atom is -0.311 e. The third kappa shape index (κ3) is 7.74. The third-order valence-corrected chi connectivity index (χ3v) is 13.2. The largest absolute Gasteiger partial charge is 0.311 e. The minimum atomic E-state index is 1.09. The normalized spacial score (nSPS) is 11.2. The van der Waals surface area contributed by atoms with Crippen molar-refractivity contribution in [2.45, 2.75) is 0 Å². The molecule has 0 bridgehead atoms. The molecule has 0 saturated carbocycles. The van der Waals surface area contributed by atoms with Crippen LogP contribution in [0.1, 0.15) is 0 Å². The van der Waals surface area contributed by atoms with Gasteiger partial charge in [0.15, 0.2) is 0 Å². The molecule has 0 radical (unpaired) electrons. The highest BCUT2D eigenvalue weighted by molar-refractivity contribution is 6.16. The number of para-hydroxylation sites is 2. The first kappa shape index (κ1) is 40.5. The lowest BCUT2D eigenvalue weighted by Crippen LogP contribution is -2.09. The predicted molar refractivity (Wildman–Crippen MR) is 288 cm³/mol. The first-order valence-corrected chi connectivity index (χ1v) is 23.3. The van der Waals surface area contributed by atoms with Crippen molar-refractivity contribution in [3.63, 3.8) is 0 Å². The highest BCUT2D eigenvalue weighted by Crippen LogP contribution is 2.41. The molecule has 68 heavy (non-hydrogen) atoms. The summed E-state index contributed by atoms with van der Waals surface area (Å²) in [6.07, 6.45) is 0. The molecule has 0 aliphatic heterocycles. The van der Waals surface area contributed by atoms with E-state index < -0.39 is 0 Å². The highest BCUT2D eigenvalue weighted by atomic mass is 15.1. The van der Waals surface area contributed by atoms with Crippen molar-refractivity contribution in [3.8, 4) is 72.4 Å². The lowest BCUT2D eigenvalue weighted by Gasteiger charge is -2.26. The van der Waals surface area contributed by atoms with Crippen LogP contribution in [0.25, 0.3) is 94.3 Å². The van der Waals surface area contributed by atoms with Crippen molar-refractivity contribution < 1.29 is 0 Å². The second kappa shape index (κ2) is 17.8.